The van der Waals surface area contributed by atoms with E-state index in [4.69, 9.17) is 18.9 Å². The number of rotatable bonds is 23. The van der Waals surface area contributed by atoms with Gasteiger partial charge in [-0.2, -0.15) is 0 Å². The Balaban J connectivity index is 1.21. The molecule has 0 bridgehead atoms. The van der Waals surface area contributed by atoms with Gasteiger partial charge in [0.2, 0.25) is 5.91 Å². The van der Waals surface area contributed by atoms with E-state index in [-0.39, 0.29) is 75.8 Å². The van der Waals surface area contributed by atoms with Gasteiger partial charge in [-0.05, 0) is 125 Å². The van der Waals surface area contributed by atoms with Gasteiger partial charge in [0.05, 0.1) is 11.7 Å². The first-order valence-electron chi connectivity index (χ1n) is 26.9. The molecule has 1 heterocycles. The number of amides is 2. The fourth-order valence-electron chi connectivity index (χ4n) is 15.0. The van der Waals surface area contributed by atoms with E-state index in [1.54, 1.807) is 0 Å². The summed E-state index contributed by atoms with van der Waals surface area (Å²) in [5, 5.41) is 5.71. The van der Waals surface area contributed by atoms with Crippen LogP contribution in [0.25, 0.3) is 0 Å². The second-order valence-corrected chi connectivity index (χ2v) is 23.9. The van der Waals surface area contributed by atoms with Gasteiger partial charge >= 0.3 is 23.8 Å². The fraction of sp³-hybridized carbons (Fsp3) is 0.909. The molecule has 0 spiro atoms. The van der Waals surface area contributed by atoms with E-state index in [2.05, 4.69) is 66.0 Å². The molecule has 4 saturated carbocycles. The first-order valence-corrected chi connectivity index (χ1v) is 26.9. The summed E-state index contributed by atoms with van der Waals surface area (Å²) in [5.41, 5.74) is -2.11. The summed E-state index contributed by atoms with van der Waals surface area (Å²) in [6, 6.07) is 0. The number of fused-ring (bicyclic) bond motifs is 5. The number of esters is 3. The van der Waals surface area contributed by atoms with Gasteiger partial charge in [0, 0.05) is 31.3 Å². The summed E-state index contributed by atoms with van der Waals surface area (Å²) in [7, 11) is 0. The summed E-state index contributed by atoms with van der Waals surface area (Å²) < 4.78 is 25.7. The number of unbranched alkanes of at least 4 members (excludes halogenated alkanes) is 12. The Morgan fingerprint density at radius 1 is 0.652 bits per heavy atom. The lowest BCUT2D eigenvalue weighted by Crippen LogP contribution is -2.67. The van der Waals surface area contributed by atoms with Crippen molar-refractivity contribution in [3.63, 3.8) is 0 Å². The molecule has 0 radical (unpaired) electrons. The third-order valence-electron chi connectivity index (χ3n) is 18.8. The molecule has 5 aliphatic rings. The normalized spacial score (nSPS) is 34.6. The molecule has 1 aliphatic heterocycles. The van der Waals surface area contributed by atoms with E-state index in [1.165, 1.54) is 64.7 Å². The zero-order valence-electron chi connectivity index (χ0n) is 43.6. The molecule has 378 valence electrons. The largest absolute Gasteiger partial charge is 0.462 e. The number of ether oxygens (including phenoxy) is 4. The smallest absolute Gasteiger partial charge is 0.397 e. The van der Waals surface area contributed by atoms with Gasteiger partial charge in [-0.1, -0.05) is 126 Å². The van der Waals surface area contributed by atoms with Crippen molar-refractivity contribution in [3.8, 4) is 0 Å². The molecule has 2 amide bonds. The van der Waals surface area contributed by atoms with Crippen LogP contribution in [-0.2, 0) is 42.9 Å². The van der Waals surface area contributed by atoms with Crippen molar-refractivity contribution in [3.05, 3.63) is 0 Å². The lowest BCUT2D eigenvalue weighted by atomic mass is 9.35. The standard InChI is InChI=1S/C55H94N2O9/c1-12-14-16-18-20-22-24-34-56-45(59)37-46(60)64-43-28-30-52(8)41(50(43,4)5)27-32-53(9)42(52)36-40(63-38(3)58)47-39(26-31-54(47,53)10)55(11)33-29-44(65-55)51(6,7)66-49(62)48(61)57-35-25-23-21-19-17-15-13-2/h39-44,47H,12-37H2,1-11H3,(H,56,59)(H,57,61)/t39-,40+,41-,42+,43+,44+,47-,52-,53+,54+,55-/m0/s1. The van der Waals surface area contributed by atoms with Crippen LogP contribution in [0.3, 0.4) is 0 Å². The molecule has 0 aromatic heterocycles. The predicted molar refractivity (Wildman–Crippen MR) is 259 cm³/mol. The zero-order valence-corrected chi connectivity index (χ0v) is 43.6. The summed E-state index contributed by atoms with van der Waals surface area (Å²) >= 11 is 0. The van der Waals surface area contributed by atoms with Gasteiger partial charge in [-0.15, -0.1) is 0 Å². The third-order valence-corrected chi connectivity index (χ3v) is 18.8. The Kier molecular flexibility index (Phi) is 18.8. The molecule has 4 aliphatic carbocycles. The van der Waals surface area contributed by atoms with E-state index in [1.807, 2.05) is 13.8 Å². The van der Waals surface area contributed by atoms with E-state index in [9.17, 15) is 24.0 Å². The van der Waals surface area contributed by atoms with Crippen LogP contribution in [-0.4, -0.2) is 72.3 Å². The summed E-state index contributed by atoms with van der Waals surface area (Å²) in [6.45, 7) is 24.9. The maximum Gasteiger partial charge on any atom is 0.397 e. The van der Waals surface area contributed by atoms with Crippen LogP contribution < -0.4 is 10.6 Å². The molecule has 11 atom stereocenters. The first kappa shape index (κ1) is 54.3. The van der Waals surface area contributed by atoms with Crippen LogP contribution in [0.5, 0.6) is 0 Å². The fourth-order valence-corrected chi connectivity index (χ4v) is 15.0. The number of hydrogen-bond donors (Lipinski definition) is 2. The molecule has 0 aromatic carbocycles. The Labute approximate surface area is 400 Å². The average molecular weight is 927 g/mol. The first-order chi connectivity index (χ1) is 31.1. The van der Waals surface area contributed by atoms with E-state index in [0.29, 0.717) is 19.5 Å². The lowest BCUT2D eigenvalue weighted by molar-refractivity contribution is -0.254. The van der Waals surface area contributed by atoms with Crippen molar-refractivity contribution in [1.82, 2.24) is 10.6 Å². The van der Waals surface area contributed by atoms with Crippen molar-refractivity contribution in [2.75, 3.05) is 13.1 Å². The summed E-state index contributed by atoms with van der Waals surface area (Å²) in [5.74, 6) is -1.78. The maximum absolute atomic E-state index is 13.3. The molecule has 2 N–H and O–H groups in total. The van der Waals surface area contributed by atoms with Crippen LogP contribution in [0.4, 0.5) is 0 Å². The van der Waals surface area contributed by atoms with E-state index >= 15 is 0 Å². The molecule has 66 heavy (non-hydrogen) atoms. The van der Waals surface area contributed by atoms with Crippen LogP contribution in [0.2, 0.25) is 0 Å². The second-order valence-electron chi connectivity index (χ2n) is 23.9. The van der Waals surface area contributed by atoms with Crippen LogP contribution in [0.15, 0.2) is 0 Å². The summed E-state index contributed by atoms with van der Waals surface area (Å²) in [6.07, 6.45) is 22.8. The van der Waals surface area contributed by atoms with Gasteiger partial charge in [0.25, 0.3) is 0 Å². The molecular weight excluding hydrogens is 833 g/mol. The Morgan fingerprint density at radius 2 is 1.23 bits per heavy atom. The van der Waals surface area contributed by atoms with E-state index < -0.39 is 35.2 Å². The predicted octanol–water partition coefficient (Wildman–Crippen LogP) is 11.5. The van der Waals surface area contributed by atoms with Gasteiger partial charge in [0.1, 0.15) is 24.2 Å². The Morgan fingerprint density at radius 3 is 1.83 bits per heavy atom. The molecule has 0 unspecified atom stereocenters. The highest BCUT2D eigenvalue weighted by molar-refractivity contribution is 6.32. The van der Waals surface area contributed by atoms with Crippen LogP contribution in [0.1, 0.15) is 230 Å². The third kappa shape index (κ3) is 12.0. The van der Waals surface area contributed by atoms with Gasteiger partial charge < -0.3 is 29.6 Å². The lowest BCUT2D eigenvalue weighted by Gasteiger charge is -2.70. The number of carbonyl (C=O) groups is 5. The van der Waals surface area contributed by atoms with Crippen molar-refractivity contribution in [2.24, 2.45) is 45.3 Å². The van der Waals surface area contributed by atoms with Crippen molar-refractivity contribution in [2.45, 2.75) is 260 Å². The molecule has 0 aromatic rings. The molecular formula is C55H94N2O9. The molecule has 1 saturated heterocycles. The zero-order chi connectivity index (χ0) is 48.6. The minimum Gasteiger partial charge on any atom is -0.462 e. The Bertz CT molecular complexity index is 1660. The van der Waals surface area contributed by atoms with Crippen molar-refractivity contribution < 1.29 is 42.9 Å². The van der Waals surface area contributed by atoms with Gasteiger partial charge in [0.15, 0.2) is 0 Å². The van der Waals surface area contributed by atoms with Crippen LogP contribution in [0, 0.1) is 45.3 Å². The topological polar surface area (TPSA) is 146 Å². The monoisotopic (exact) mass is 927 g/mol. The molecule has 11 heteroatoms. The number of hydrogen-bond acceptors (Lipinski definition) is 9. The highest BCUT2D eigenvalue weighted by atomic mass is 16.6. The highest BCUT2D eigenvalue weighted by Gasteiger charge is 2.73. The summed E-state index contributed by atoms with van der Waals surface area (Å²) in [4.78, 5) is 65.0. The SMILES string of the molecule is CCCCCCCCCNC(=O)CC(=O)O[C@@H]1CC[C@]2(C)[C@H]3C[C@@H](OC(C)=O)[C@@H]4[C@@H]([C@]5(C)CC[C@H](C(C)(C)OC(=O)C(=O)NCCCCCCCCC)O5)CC[C@@]4(C)[C@]3(C)CC[C@H]2C1(C)C. The Hall–Kier alpha value is -2.69. The van der Waals surface area contributed by atoms with Gasteiger partial charge in [-0.3, -0.25) is 19.2 Å². The minimum absolute atomic E-state index is 0.0346. The average Bonchev–Trinajstić information content (AvgIpc) is 3.84. The van der Waals surface area contributed by atoms with Crippen LogP contribution >= 0.6 is 0 Å². The van der Waals surface area contributed by atoms with Gasteiger partial charge in [-0.25, -0.2) is 4.79 Å². The quantitative estimate of drug-likeness (QED) is 0.0336. The second kappa shape index (κ2) is 22.8. The van der Waals surface area contributed by atoms with E-state index in [0.717, 1.165) is 83.5 Å². The van der Waals surface area contributed by atoms with Crippen molar-refractivity contribution in [1.29, 1.82) is 0 Å². The number of carbonyl (C=O) groups excluding carboxylic acids is 5. The highest BCUT2D eigenvalue weighted by Crippen LogP contribution is 2.76. The molecule has 5 rings (SSSR count). The molecule has 5 fully saturated rings. The van der Waals surface area contributed by atoms with Crippen molar-refractivity contribution >= 4 is 29.7 Å². The molecule has 11 nitrogen and oxygen atoms in total. The maximum atomic E-state index is 13.3. The number of nitrogens with one attached hydrogen (secondary N) is 2. The minimum atomic E-state index is -1.02.